The zero-order chi connectivity index (χ0) is 18.6. The molecule has 3 aromatic carbocycles. The topological polar surface area (TPSA) is 6.48 Å². The summed E-state index contributed by atoms with van der Waals surface area (Å²) in [6, 6.07) is 34.0. The van der Waals surface area contributed by atoms with Gasteiger partial charge in [0.1, 0.15) is 0 Å². The molecule has 2 nitrogen and oxygen atoms in total. The number of likely N-dealkylation sites (N-methyl/N-ethyl adjacent to an activating group) is 2. The van der Waals surface area contributed by atoms with E-state index in [2.05, 4.69) is 115 Å². The number of hydrogen-bond acceptors (Lipinski definition) is 2. The Balaban J connectivity index is 1.70. The number of rotatable bonds is 4. The molecule has 0 aromatic heterocycles. The number of hydrogen-bond donors (Lipinski definition) is 0. The van der Waals surface area contributed by atoms with Gasteiger partial charge in [0.15, 0.2) is 0 Å². The Kier molecular flexibility index (Phi) is 5.38. The van der Waals surface area contributed by atoms with E-state index in [-0.39, 0.29) is 0 Å². The summed E-state index contributed by atoms with van der Waals surface area (Å²) in [4.78, 5) is 5.14. The molecule has 0 N–H and O–H groups in total. The van der Waals surface area contributed by atoms with Crippen molar-refractivity contribution >= 4 is 0 Å². The lowest BCUT2D eigenvalue weighted by Crippen LogP contribution is -2.54. The molecule has 138 valence electrons. The number of benzene rings is 3. The van der Waals surface area contributed by atoms with Gasteiger partial charge in [-0.25, -0.2) is 0 Å². The van der Waals surface area contributed by atoms with Gasteiger partial charge < -0.3 is 0 Å². The highest BCUT2D eigenvalue weighted by Gasteiger charge is 2.39. The summed E-state index contributed by atoms with van der Waals surface area (Å²) in [6.07, 6.45) is 1.08. The lowest BCUT2D eigenvalue weighted by molar-refractivity contribution is 0.00511. The lowest BCUT2D eigenvalue weighted by atomic mass is 9.86. The van der Waals surface area contributed by atoms with Gasteiger partial charge in [-0.1, -0.05) is 91.0 Å². The summed E-state index contributed by atoms with van der Waals surface area (Å²) in [5.41, 5.74) is 4.19. The molecule has 2 heteroatoms. The number of nitrogens with zero attached hydrogens (tertiary/aromatic N) is 2. The molecular formula is C25H28N2. The fraction of sp³-hybridized carbons (Fsp3) is 0.280. The van der Waals surface area contributed by atoms with Crippen LogP contribution in [0.2, 0.25) is 0 Å². The normalized spacial score (nSPS) is 24.0. The predicted molar refractivity (Wildman–Crippen MR) is 113 cm³/mol. The summed E-state index contributed by atoms with van der Waals surface area (Å²) >= 11 is 0. The molecule has 1 aliphatic heterocycles. The first-order valence-corrected chi connectivity index (χ1v) is 9.80. The van der Waals surface area contributed by atoms with E-state index in [1.54, 1.807) is 0 Å². The molecule has 0 bridgehead atoms. The van der Waals surface area contributed by atoms with Crippen LogP contribution in [0.1, 0.15) is 28.8 Å². The van der Waals surface area contributed by atoms with Crippen molar-refractivity contribution in [1.29, 1.82) is 0 Å². The Morgan fingerprint density at radius 3 is 1.70 bits per heavy atom. The smallest absolute Gasteiger partial charge is 0.0545 e. The Morgan fingerprint density at radius 2 is 1.15 bits per heavy atom. The minimum absolute atomic E-state index is 0.334. The molecule has 0 unspecified atom stereocenters. The van der Waals surface area contributed by atoms with Crippen LogP contribution in [0.5, 0.6) is 0 Å². The third-order valence-electron chi connectivity index (χ3n) is 5.88. The largest absolute Gasteiger partial charge is 0.296 e. The molecular weight excluding hydrogens is 328 g/mol. The Hall–Kier alpha value is -2.42. The molecule has 1 saturated heterocycles. The molecule has 3 aromatic rings. The molecule has 0 radical (unpaired) electrons. The van der Waals surface area contributed by atoms with Gasteiger partial charge in [-0.3, -0.25) is 9.80 Å². The van der Waals surface area contributed by atoms with Gasteiger partial charge in [0.25, 0.3) is 0 Å². The Labute approximate surface area is 163 Å². The van der Waals surface area contributed by atoms with Crippen LogP contribution in [-0.4, -0.2) is 36.5 Å². The van der Waals surface area contributed by atoms with Crippen LogP contribution in [0.4, 0.5) is 0 Å². The lowest BCUT2D eigenvalue weighted by Gasteiger charge is -2.50. The van der Waals surface area contributed by atoms with Crippen molar-refractivity contribution in [3.8, 4) is 0 Å². The van der Waals surface area contributed by atoms with Crippen LogP contribution < -0.4 is 0 Å². The average Bonchev–Trinajstić information content (AvgIpc) is 2.72. The summed E-state index contributed by atoms with van der Waals surface area (Å²) in [6.45, 7) is 1.06. The van der Waals surface area contributed by atoms with E-state index in [1.165, 1.54) is 16.7 Å². The third kappa shape index (κ3) is 3.83. The molecule has 0 amide bonds. The van der Waals surface area contributed by atoms with E-state index in [0.717, 1.165) is 13.0 Å². The SMILES string of the molecule is CN1C[C@H](Cc2ccccc2)N(C)[C@H](c2ccccc2)[C@H]1c1ccccc1. The maximum atomic E-state index is 2.60. The van der Waals surface area contributed by atoms with E-state index in [9.17, 15) is 0 Å². The van der Waals surface area contributed by atoms with Crippen molar-refractivity contribution in [3.63, 3.8) is 0 Å². The Morgan fingerprint density at radius 1 is 0.667 bits per heavy atom. The van der Waals surface area contributed by atoms with E-state index in [4.69, 9.17) is 0 Å². The van der Waals surface area contributed by atoms with E-state index in [1.807, 2.05) is 0 Å². The molecule has 1 heterocycles. The minimum atomic E-state index is 0.334. The Bertz CT molecular complexity index is 832. The fourth-order valence-corrected chi connectivity index (χ4v) is 4.52. The second-order valence-electron chi connectivity index (χ2n) is 7.66. The van der Waals surface area contributed by atoms with Crippen molar-refractivity contribution < 1.29 is 0 Å². The maximum absolute atomic E-state index is 2.60. The van der Waals surface area contributed by atoms with Gasteiger partial charge >= 0.3 is 0 Å². The molecule has 3 atom stereocenters. The summed E-state index contributed by atoms with van der Waals surface area (Å²) in [5.74, 6) is 0. The van der Waals surface area contributed by atoms with E-state index in [0.29, 0.717) is 18.1 Å². The van der Waals surface area contributed by atoms with Crippen LogP contribution in [0.3, 0.4) is 0 Å². The van der Waals surface area contributed by atoms with Crippen molar-refractivity contribution in [1.82, 2.24) is 9.80 Å². The quantitative estimate of drug-likeness (QED) is 0.652. The van der Waals surface area contributed by atoms with Crippen LogP contribution in [-0.2, 0) is 6.42 Å². The second kappa shape index (κ2) is 8.08. The monoisotopic (exact) mass is 356 g/mol. The van der Waals surface area contributed by atoms with Crippen molar-refractivity contribution in [3.05, 3.63) is 108 Å². The van der Waals surface area contributed by atoms with Crippen molar-refractivity contribution in [2.75, 3.05) is 20.6 Å². The average molecular weight is 357 g/mol. The summed E-state index contributed by atoms with van der Waals surface area (Å²) < 4.78 is 0. The summed E-state index contributed by atoms with van der Waals surface area (Å²) in [5, 5.41) is 0. The third-order valence-corrected chi connectivity index (χ3v) is 5.88. The first-order chi connectivity index (χ1) is 13.2. The fourth-order valence-electron chi connectivity index (χ4n) is 4.52. The van der Waals surface area contributed by atoms with Crippen molar-refractivity contribution in [2.24, 2.45) is 0 Å². The van der Waals surface area contributed by atoms with Gasteiger partial charge in [0.05, 0.1) is 12.1 Å². The summed E-state index contributed by atoms with van der Waals surface area (Å²) in [7, 11) is 4.58. The molecule has 1 fully saturated rings. The van der Waals surface area contributed by atoms with Gasteiger partial charge in [-0.2, -0.15) is 0 Å². The zero-order valence-corrected chi connectivity index (χ0v) is 16.2. The van der Waals surface area contributed by atoms with E-state index >= 15 is 0 Å². The highest BCUT2D eigenvalue weighted by Crippen LogP contribution is 2.42. The van der Waals surface area contributed by atoms with Crippen molar-refractivity contribution in [2.45, 2.75) is 24.5 Å². The maximum Gasteiger partial charge on any atom is 0.0545 e. The standard InChI is InChI=1S/C25H28N2/c1-26-19-23(18-20-12-6-3-7-13-20)27(2)25(22-16-10-5-11-17-22)24(26)21-14-8-4-9-15-21/h3-17,23-25H,18-19H2,1-2H3/t23-,24+,25+/m0/s1. The number of piperazine rings is 1. The molecule has 0 spiro atoms. The van der Waals surface area contributed by atoms with Crippen LogP contribution >= 0.6 is 0 Å². The van der Waals surface area contributed by atoms with Gasteiger partial charge in [0, 0.05) is 12.6 Å². The first kappa shape index (κ1) is 18.0. The van der Waals surface area contributed by atoms with Crippen LogP contribution in [0.25, 0.3) is 0 Å². The molecule has 1 aliphatic rings. The van der Waals surface area contributed by atoms with Gasteiger partial charge in [-0.05, 0) is 37.2 Å². The van der Waals surface area contributed by atoms with Crippen LogP contribution in [0, 0.1) is 0 Å². The van der Waals surface area contributed by atoms with Gasteiger partial charge in [-0.15, -0.1) is 0 Å². The first-order valence-electron chi connectivity index (χ1n) is 9.80. The second-order valence-corrected chi connectivity index (χ2v) is 7.66. The minimum Gasteiger partial charge on any atom is -0.296 e. The molecule has 0 saturated carbocycles. The zero-order valence-electron chi connectivity index (χ0n) is 16.2. The molecule has 27 heavy (non-hydrogen) atoms. The van der Waals surface area contributed by atoms with Crippen LogP contribution in [0.15, 0.2) is 91.0 Å². The predicted octanol–water partition coefficient (Wildman–Crippen LogP) is 4.96. The van der Waals surface area contributed by atoms with E-state index < -0.39 is 0 Å². The highest BCUT2D eigenvalue weighted by atomic mass is 15.3. The molecule has 0 aliphatic carbocycles. The molecule has 4 rings (SSSR count). The van der Waals surface area contributed by atoms with Gasteiger partial charge in [0.2, 0.25) is 0 Å². The highest BCUT2D eigenvalue weighted by molar-refractivity contribution is 5.29.